The van der Waals surface area contributed by atoms with E-state index in [1.165, 1.54) is 31.4 Å². The quantitative estimate of drug-likeness (QED) is 0.209. The molecule has 31 heavy (non-hydrogen) atoms. The number of unbranched alkanes of at least 4 members (excludes halogenated alkanes) is 3. The van der Waals surface area contributed by atoms with Crippen LogP contribution >= 0.6 is 11.8 Å². The first kappa shape index (κ1) is 21.0. The summed E-state index contributed by atoms with van der Waals surface area (Å²) in [6.45, 7) is 2.19. The molecule has 1 N–H and O–H groups in total. The molecule has 0 fully saturated rings. The van der Waals surface area contributed by atoms with Crippen LogP contribution in [0.15, 0.2) is 53.7 Å². The highest BCUT2D eigenvalue weighted by molar-refractivity contribution is 7.99. The fraction of sp³-hybridized carbons (Fsp3) is 0.318. The zero-order valence-corrected chi connectivity index (χ0v) is 18.0. The van der Waals surface area contributed by atoms with Crippen molar-refractivity contribution in [3.63, 3.8) is 0 Å². The first-order valence-corrected chi connectivity index (χ1v) is 11.3. The lowest BCUT2D eigenvalue weighted by molar-refractivity contribution is -0.384. The van der Waals surface area contributed by atoms with E-state index in [0.717, 1.165) is 29.0 Å². The zero-order chi connectivity index (χ0) is 21.6. The molecule has 1 aliphatic rings. The van der Waals surface area contributed by atoms with Crippen molar-refractivity contribution in [2.45, 2.75) is 44.0 Å². The summed E-state index contributed by atoms with van der Waals surface area (Å²) < 4.78 is 6.20. The number of nitrogens with one attached hydrogen (secondary N) is 1. The molecule has 2 aromatic carbocycles. The number of nitro benzene ring substituents is 1. The van der Waals surface area contributed by atoms with E-state index in [0.29, 0.717) is 16.7 Å². The molecule has 9 heteroatoms. The standard InChI is InChI=1S/C22H23N5O3S/c1-2-3-4-7-14-31-22-24-21-19(25-26-22)17-8-5-6-9-18(17)23-20(30-21)15-10-12-16(13-11-15)27(28)29/h5-6,8-13,20,23H,2-4,7,14H2,1H3. The minimum Gasteiger partial charge on any atom is -0.448 e. The largest absolute Gasteiger partial charge is 0.448 e. The molecule has 0 saturated heterocycles. The number of non-ortho nitro benzene ring substituents is 1. The van der Waals surface area contributed by atoms with E-state index in [9.17, 15) is 10.1 Å². The minimum absolute atomic E-state index is 0.0314. The SMILES string of the molecule is CCCCCCSc1nnc2c(n1)OC(c1ccc([N+](=O)[O-])cc1)Nc1ccccc1-2. The van der Waals surface area contributed by atoms with Gasteiger partial charge in [-0.15, -0.1) is 10.2 Å². The number of rotatable bonds is 8. The second kappa shape index (κ2) is 9.74. The third-order valence-electron chi connectivity index (χ3n) is 4.97. The van der Waals surface area contributed by atoms with Crippen LogP contribution in [0.2, 0.25) is 0 Å². The summed E-state index contributed by atoms with van der Waals surface area (Å²) >= 11 is 1.57. The van der Waals surface area contributed by atoms with E-state index in [1.807, 2.05) is 24.3 Å². The number of nitro groups is 1. The predicted octanol–water partition coefficient (Wildman–Crippen LogP) is 5.62. The topological polar surface area (TPSA) is 103 Å². The molecular weight excluding hydrogens is 414 g/mol. The molecule has 1 atom stereocenters. The predicted molar refractivity (Wildman–Crippen MR) is 120 cm³/mol. The summed E-state index contributed by atoms with van der Waals surface area (Å²) in [5.41, 5.74) is 3.04. The lowest BCUT2D eigenvalue weighted by Gasteiger charge is -2.19. The summed E-state index contributed by atoms with van der Waals surface area (Å²) in [6, 6.07) is 14.0. The van der Waals surface area contributed by atoms with Crippen LogP contribution in [0, 0.1) is 10.1 Å². The summed E-state index contributed by atoms with van der Waals surface area (Å²) in [5.74, 6) is 1.33. The van der Waals surface area contributed by atoms with Gasteiger partial charge in [-0.05, 0) is 24.6 Å². The Kier molecular flexibility index (Phi) is 6.61. The molecule has 4 rings (SSSR count). The second-order valence-corrected chi connectivity index (χ2v) is 8.26. The molecule has 1 aromatic heterocycles. The van der Waals surface area contributed by atoms with Crippen LogP contribution < -0.4 is 10.1 Å². The Morgan fingerprint density at radius 3 is 2.68 bits per heavy atom. The van der Waals surface area contributed by atoms with Crippen LogP contribution in [0.5, 0.6) is 5.88 Å². The number of aromatic nitrogens is 3. The fourth-order valence-corrected chi connectivity index (χ4v) is 4.10. The first-order chi connectivity index (χ1) is 15.2. The van der Waals surface area contributed by atoms with E-state index in [1.54, 1.807) is 23.9 Å². The van der Waals surface area contributed by atoms with Gasteiger partial charge in [-0.25, -0.2) is 0 Å². The van der Waals surface area contributed by atoms with E-state index >= 15 is 0 Å². The van der Waals surface area contributed by atoms with Crippen LogP contribution in [0.25, 0.3) is 11.3 Å². The Bertz CT molecular complexity index is 1060. The van der Waals surface area contributed by atoms with Gasteiger partial charge in [0.25, 0.3) is 5.69 Å². The van der Waals surface area contributed by atoms with Crippen molar-refractivity contribution in [3.05, 3.63) is 64.2 Å². The van der Waals surface area contributed by atoms with Crippen molar-refractivity contribution in [2.24, 2.45) is 0 Å². The van der Waals surface area contributed by atoms with Gasteiger partial charge >= 0.3 is 0 Å². The van der Waals surface area contributed by atoms with Crippen LogP contribution in [0.1, 0.15) is 44.4 Å². The molecule has 0 radical (unpaired) electrons. The molecule has 0 spiro atoms. The average molecular weight is 438 g/mol. The maximum Gasteiger partial charge on any atom is 0.269 e. The lowest BCUT2D eigenvalue weighted by atomic mass is 10.1. The third-order valence-corrected chi connectivity index (χ3v) is 5.89. The molecule has 2 heterocycles. The lowest BCUT2D eigenvalue weighted by Crippen LogP contribution is -2.17. The van der Waals surface area contributed by atoms with Crippen molar-refractivity contribution in [1.29, 1.82) is 0 Å². The Balaban J connectivity index is 1.62. The van der Waals surface area contributed by atoms with Crippen LogP contribution in [0.3, 0.4) is 0 Å². The number of hydrogen-bond acceptors (Lipinski definition) is 8. The van der Waals surface area contributed by atoms with E-state index in [-0.39, 0.29) is 5.69 Å². The molecule has 0 aliphatic carbocycles. The second-order valence-electron chi connectivity index (χ2n) is 7.19. The number of fused-ring (bicyclic) bond motifs is 3. The Morgan fingerprint density at radius 2 is 1.90 bits per heavy atom. The normalized spacial score (nSPS) is 14.5. The molecule has 160 valence electrons. The van der Waals surface area contributed by atoms with E-state index in [4.69, 9.17) is 4.74 Å². The monoisotopic (exact) mass is 437 g/mol. The highest BCUT2D eigenvalue weighted by atomic mass is 32.2. The molecule has 0 bridgehead atoms. The minimum atomic E-state index is -0.567. The Labute approximate surface area is 184 Å². The smallest absolute Gasteiger partial charge is 0.269 e. The van der Waals surface area contributed by atoms with Gasteiger partial charge in [-0.3, -0.25) is 10.1 Å². The fourth-order valence-electron chi connectivity index (χ4n) is 3.32. The molecule has 0 amide bonds. The number of nitrogens with zero attached hydrogens (tertiary/aromatic N) is 4. The first-order valence-electron chi connectivity index (χ1n) is 10.3. The van der Waals surface area contributed by atoms with Crippen molar-refractivity contribution < 1.29 is 9.66 Å². The van der Waals surface area contributed by atoms with E-state index in [2.05, 4.69) is 27.4 Å². The van der Waals surface area contributed by atoms with Crippen LogP contribution in [-0.4, -0.2) is 25.9 Å². The Hall–Kier alpha value is -3.20. The molecule has 1 unspecified atom stereocenters. The summed E-state index contributed by atoms with van der Waals surface area (Å²) in [5, 5.41) is 23.6. The van der Waals surface area contributed by atoms with Crippen molar-refractivity contribution >= 4 is 23.1 Å². The molecule has 8 nitrogen and oxygen atoms in total. The number of anilines is 1. The van der Waals surface area contributed by atoms with Gasteiger partial charge in [-0.2, -0.15) is 4.98 Å². The zero-order valence-electron chi connectivity index (χ0n) is 17.2. The van der Waals surface area contributed by atoms with Gasteiger partial charge < -0.3 is 10.1 Å². The van der Waals surface area contributed by atoms with Gasteiger partial charge in [0, 0.05) is 34.7 Å². The van der Waals surface area contributed by atoms with Crippen molar-refractivity contribution in [3.8, 4) is 17.1 Å². The molecular formula is C22H23N5O3S. The number of para-hydroxylation sites is 1. The van der Waals surface area contributed by atoms with Gasteiger partial charge in [0.2, 0.25) is 11.0 Å². The number of hydrogen-bond donors (Lipinski definition) is 1. The van der Waals surface area contributed by atoms with Crippen LogP contribution in [0.4, 0.5) is 11.4 Å². The highest BCUT2D eigenvalue weighted by Gasteiger charge is 2.26. The average Bonchev–Trinajstić information content (AvgIpc) is 2.95. The van der Waals surface area contributed by atoms with Gasteiger partial charge in [0.15, 0.2) is 11.9 Å². The highest BCUT2D eigenvalue weighted by Crippen LogP contribution is 2.39. The number of thioether (sulfide) groups is 1. The maximum absolute atomic E-state index is 11.0. The maximum atomic E-state index is 11.0. The van der Waals surface area contributed by atoms with Crippen molar-refractivity contribution in [2.75, 3.05) is 11.1 Å². The van der Waals surface area contributed by atoms with Gasteiger partial charge in [0.1, 0.15) is 0 Å². The molecule has 3 aromatic rings. The van der Waals surface area contributed by atoms with Crippen LogP contribution in [-0.2, 0) is 0 Å². The molecule has 0 saturated carbocycles. The van der Waals surface area contributed by atoms with Gasteiger partial charge in [0.05, 0.1) is 4.92 Å². The van der Waals surface area contributed by atoms with Crippen molar-refractivity contribution in [1.82, 2.24) is 15.2 Å². The summed E-state index contributed by atoms with van der Waals surface area (Å²) in [7, 11) is 0. The summed E-state index contributed by atoms with van der Waals surface area (Å²) in [4.78, 5) is 15.2. The Morgan fingerprint density at radius 1 is 1.10 bits per heavy atom. The summed E-state index contributed by atoms with van der Waals surface area (Å²) in [6.07, 6.45) is 4.16. The van der Waals surface area contributed by atoms with Gasteiger partial charge in [-0.1, -0.05) is 56.1 Å². The molecule has 1 aliphatic heterocycles. The van der Waals surface area contributed by atoms with E-state index < -0.39 is 11.2 Å². The third kappa shape index (κ3) is 4.93. The number of ether oxygens (including phenoxy) is 1. The number of benzene rings is 2.